The first-order valence-electron chi connectivity index (χ1n) is 7.72. The Morgan fingerprint density at radius 2 is 1.68 bits per heavy atom. The maximum absolute atomic E-state index is 13.6. The van der Waals surface area contributed by atoms with Gasteiger partial charge in [-0.3, -0.25) is 9.52 Å². The van der Waals surface area contributed by atoms with Crippen molar-refractivity contribution < 1.29 is 22.3 Å². The third-order valence-corrected chi connectivity index (χ3v) is 5.21. The van der Waals surface area contributed by atoms with Gasteiger partial charge in [0.05, 0.1) is 23.8 Å². The number of hydrogen-bond donors (Lipinski definition) is 1. The van der Waals surface area contributed by atoms with Gasteiger partial charge in [0, 0.05) is 18.7 Å². The molecule has 1 aliphatic rings. The molecule has 1 aliphatic heterocycles. The molecule has 0 atom stereocenters. The van der Waals surface area contributed by atoms with E-state index in [9.17, 15) is 17.6 Å². The molecule has 0 aromatic heterocycles. The van der Waals surface area contributed by atoms with Crippen molar-refractivity contribution in [3.8, 4) is 0 Å². The molecular formula is C17H17FN2O4S. The standard InChI is InChI=1S/C17H17FN2O4S/c18-15-3-1-2-4-16(15)19-25(22,23)14-7-5-13(6-8-14)17(21)20-9-11-24-12-10-20/h1-8,19H,9-12H2. The van der Waals surface area contributed by atoms with Crippen molar-refractivity contribution in [3.63, 3.8) is 0 Å². The van der Waals surface area contributed by atoms with Gasteiger partial charge in [-0.25, -0.2) is 12.8 Å². The van der Waals surface area contributed by atoms with Crippen molar-refractivity contribution in [2.24, 2.45) is 0 Å². The monoisotopic (exact) mass is 364 g/mol. The molecule has 132 valence electrons. The summed E-state index contributed by atoms with van der Waals surface area (Å²) >= 11 is 0. The van der Waals surface area contributed by atoms with Gasteiger partial charge in [0.1, 0.15) is 5.82 Å². The predicted octanol–water partition coefficient (Wildman–Crippen LogP) is 2.10. The van der Waals surface area contributed by atoms with Gasteiger partial charge < -0.3 is 9.64 Å². The van der Waals surface area contributed by atoms with Gasteiger partial charge in [0.15, 0.2) is 0 Å². The molecule has 1 N–H and O–H groups in total. The lowest BCUT2D eigenvalue weighted by molar-refractivity contribution is 0.0303. The molecule has 2 aromatic carbocycles. The average molecular weight is 364 g/mol. The van der Waals surface area contributed by atoms with Crippen LogP contribution in [0, 0.1) is 5.82 Å². The Morgan fingerprint density at radius 3 is 2.32 bits per heavy atom. The van der Waals surface area contributed by atoms with E-state index < -0.39 is 15.8 Å². The van der Waals surface area contributed by atoms with E-state index in [-0.39, 0.29) is 16.5 Å². The lowest BCUT2D eigenvalue weighted by atomic mass is 10.2. The topological polar surface area (TPSA) is 75.7 Å². The minimum Gasteiger partial charge on any atom is -0.378 e. The Kier molecular flexibility index (Phi) is 5.00. The third kappa shape index (κ3) is 3.97. The lowest BCUT2D eigenvalue weighted by Crippen LogP contribution is -2.40. The zero-order chi connectivity index (χ0) is 17.9. The Bertz CT molecular complexity index is 862. The number of ether oxygens (including phenoxy) is 1. The number of para-hydroxylation sites is 1. The fourth-order valence-electron chi connectivity index (χ4n) is 2.47. The zero-order valence-electron chi connectivity index (χ0n) is 13.3. The molecule has 1 amide bonds. The number of benzene rings is 2. The molecular weight excluding hydrogens is 347 g/mol. The Balaban J connectivity index is 1.77. The number of anilines is 1. The highest BCUT2D eigenvalue weighted by Gasteiger charge is 2.20. The van der Waals surface area contributed by atoms with E-state index in [0.29, 0.717) is 31.9 Å². The molecule has 1 saturated heterocycles. The minimum atomic E-state index is -3.94. The summed E-state index contributed by atoms with van der Waals surface area (Å²) in [4.78, 5) is 14.0. The number of carbonyl (C=O) groups is 1. The first-order valence-corrected chi connectivity index (χ1v) is 9.20. The zero-order valence-corrected chi connectivity index (χ0v) is 14.1. The van der Waals surface area contributed by atoms with Crippen molar-refractivity contribution in [2.45, 2.75) is 4.90 Å². The minimum absolute atomic E-state index is 0.0470. The molecule has 1 heterocycles. The molecule has 25 heavy (non-hydrogen) atoms. The number of nitrogens with zero attached hydrogens (tertiary/aromatic N) is 1. The number of hydrogen-bond acceptors (Lipinski definition) is 4. The van der Waals surface area contributed by atoms with Gasteiger partial charge in [-0.1, -0.05) is 12.1 Å². The van der Waals surface area contributed by atoms with Crippen molar-refractivity contribution in [1.29, 1.82) is 0 Å². The van der Waals surface area contributed by atoms with E-state index in [1.165, 1.54) is 48.5 Å². The summed E-state index contributed by atoms with van der Waals surface area (Å²) in [6.07, 6.45) is 0. The van der Waals surface area contributed by atoms with Crippen molar-refractivity contribution in [2.75, 3.05) is 31.0 Å². The Labute approximate surface area is 145 Å². The smallest absolute Gasteiger partial charge is 0.261 e. The SMILES string of the molecule is O=C(c1ccc(S(=O)(=O)Nc2ccccc2F)cc1)N1CCOCC1. The number of nitrogens with one attached hydrogen (secondary N) is 1. The Hall–Kier alpha value is -2.45. The molecule has 3 rings (SSSR count). The second kappa shape index (κ2) is 7.20. The van der Waals surface area contributed by atoms with Gasteiger partial charge in [-0.05, 0) is 36.4 Å². The van der Waals surface area contributed by atoms with Crippen molar-refractivity contribution >= 4 is 21.6 Å². The van der Waals surface area contributed by atoms with Crippen LogP contribution in [-0.4, -0.2) is 45.5 Å². The highest BCUT2D eigenvalue weighted by atomic mass is 32.2. The fourth-order valence-corrected chi connectivity index (χ4v) is 3.54. The molecule has 1 fully saturated rings. The highest BCUT2D eigenvalue weighted by molar-refractivity contribution is 7.92. The summed E-state index contributed by atoms with van der Waals surface area (Å²) in [6, 6.07) is 11.1. The van der Waals surface area contributed by atoms with Gasteiger partial charge >= 0.3 is 0 Å². The van der Waals surface area contributed by atoms with Crippen molar-refractivity contribution in [3.05, 3.63) is 59.9 Å². The highest BCUT2D eigenvalue weighted by Crippen LogP contribution is 2.19. The van der Waals surface area contributed by atoms with Crippen LogP contribution in [0.15, 0.2) is 53.4 Å². The summed E-state index contributed by atoms with van der Waals surface area (Å²) in [5.41, 5.74) is 0.266. The summed E-state index contributed by atoms with van der Waals surface area (Å²) < 4.78 is 45.7. The molecule has 8 heteroatoms. The average Bonchev–Trinajstić information content (AvgIpc) is 2.64. The number of amides is 1. The van der Waals surface area contributed by atoms with Crippen LogP contribution >= 0.6 is 0 Å². The third-order valence-electron chi connectivity index (χ3n) is 3.83. The first kappa shape index (κ1) is 17.4. The number of sulfonamides is 1. The molecule has 2 aromatic rings. The van der Waals surface area contributed by atoms with E-state index >= 15 is 0 Å². The predicted molar refractivity (Wildman–Crippen MR) is 90.4 cm³/mol. The normalized spacial score (nSPS) is 15.0. The number of halogens is 1. The van der Waals surface area contributed by atoms with E-state index in [2.05, 4.69) is 4.72 Å². The second-order valence-corrected chi connectivity index (χ2v) is 7.20. The van der Waals surface area contributed by atoms with Crippen LogP contribution in [0.5, 0.6) is 0 Å². The van der Waals surface area contributed by atoms with E-state index in [1.807, 2.05) is 0 Å². The summed E-state index contributed by atoms with van der Waals surface area (Å²) in [7, 11) is -3.94. The Morgan fingerprint density at radius 1 is 1.04 bits per heavy atom. The number of carbonyl (C=O) groups excluding carboxylic acids is 1. The van der Waals surface area contributed by atoms with Crippen LogP contribution in [0.25, 0.3) is 0 Å². The van der Waals surface area contributed by atoms with Crippen molar-refractivity contribution in [1.82, 2.24) is 4.90 Å². The van der Waals surface area contributed by atoms with Crippen LogP contribution in [0.4, 0.5) is 10.1 Å². The van der Waals surface area contributed by atoms with Crippen LogP contribution in [0.1, 0.15) is 10.4 Å². The fraction of sp³-hybridized carbons (Fsp3) is 0.235. The largest absolute Gasteiger partial charge is 0.378 e. The molecule has 0 radical (unpaired) electrons. The maximum atomic E-state index is 13.6. The first-order chi connectivity index (χ1) is 12.0. The van der Waals surface area contributed by atoms with Gasteiger partial charge in [0.2, 0.25) is 0 Å². The molecule has 0 spiro atoms. The molecule has 0 saturated carbocycles. The molecule has 0 unspecified atom stereocenters. The van der Waals surface area contributed by atoms with Crippen LogP contribution < -0.4 is 4.72 Å². The van der Waals surface area contributed by atoms with E-state index in [4.69, 9.17) is 4.74 Å². The summed E-state index contributed by atoms with van der Waals surface area (Å²) in [5, 5.41) is 0. The van der Waals surface area contributed by atoms with Crippen LogP contribution in [0.3, 0.4) is 0 Å². The quantitative estimate of drug-likeness (QED) is 0.901. The van der Waals surface area contributed by atoms with E-state index in [0.717, 1.165) is 0 Å². The lowest BCUT2D eigenvalue weighted by Gasteiger charge is -2.26. The molecule has 0 bridgehead atoms. The number of rotatable bonds is 4. The van der Waals surface area contributed by atoms with Gasteiger partial charge in [-0.2, -0.15) is 0 Å². The maximum Gasteiger partial charge on any atom is 0.261 e. The van der Waals surface area contributed by atoms with Crippen LogP contribution in [-0.2, 0) is 14.8 Å². The summed E-state index contributed by atoms with van der Waals surface area (Å²) in [5.74, 6) is -0.834. The van der Waals surface area contributed by atoms with Gasteiger partial charge in [-0.15, -0.1) is 0 Å². The van der Waals surface area contributed by atoms with Crippen LogP contribution in [0.2, 0.25) is 0 Å². The van der Waals surface area contributed by atoms with E-state index in [1.54, 1.807) is 4.90 Å². The summed E-state index contributed by atoms with van der Waals surface area (Å²) in [6.45, 7) is 2.00. The number of morpholine rings is 1. The van der Waals surface area contributed by atoms with Gasteiger partial charge in [0.25, 0.3) is 15.9 Å². The second-order valence-electron chi connectivity index (χ2n) is 5.51. The molecule has 0 aliphatic carbocycles. The molecule has 6 nitrogen and oxygen atoms in total.